The highest BCUT2D eigenvalue weighted by molar-refractivity contribution is 5.94. The summed E-state index contributed by atoms with van der Waals surface area (Å²) in [6, 6.07) is 21.1. The van der Waals surface area contributed by atoms with Crippen LogP contribution in [0.5, 0.6) is 11.5 Å². The number of carbonyl (C=O) groups is 1. The van der Waals surface area contributed by atoms with Crippen LogP contribution >= 0.6 is 0 Å². The molecule has 2 heterocycles. The molecule has 44 heavy (non-hydrogen) atoms. The molecular weight excluding hydrogens is 556 g/mol. The van der Waals surface area contributed by atoms with Crippen LogP contribution in [0.4, 0.5) is 0 Å². The van der Waals surface area contributed by atoms with E-state index in [0.717, 1.165) is 31.7 Å². The van der Waals surface area contributed by atoms with Crippen molar-refractivity contribution in [2.24, 2.45) is 7.05 Å². The molecule has 0 saturated heterocycles. The minimum Gasteiger partial charge on any atom is -0.493 e. The van der Waals surface area contributed by atoms with E-state index < -0.39 is 0 Å². The van der Waals surface area contributed by atoms with E-state index in [1.54, 1.807) is 57.7 Å². The number of ether oxygens (including phenoxy) is 2. The third-order valence-corrected chi connectivity index (χ3v) is 7.96. The summed E-state index contributed by atoms with van der Waals surface area (Å²) in [6.45, 7) is 2.86. The molecule has 0 bridgehead atoms. The summed E-state index contributed by atoms with van der Waals surface area (Å²) >= 11 is 0. The number of hydrogen-bond acceptors (Lipinski definition) is 6. The Balaban J connectivity index is 1.22. The van der Waals surface area contributed by atoms with E-state index in [4.69, 9.17) is 9.47 Å². The summed E-state index contributed by atoms with van der Waals surface area (Å²) in [5.41, 5.74) is 4.09. The Bertz CT molecular complexity index is 1880. The number of aromatic amines is 1. The molecule has 0 spiro atoms. The number of nitrogens with zero attached hydrogens (tertiary/aromatic N) is 2. The molecule has 3 aromatic carbocycles. The van der Waals surface area contributed by atoms with Crippen molar-refractivity contribution in [3.05, 3.63) is 126 Å². The average Bonchev–Trinajstić information content (AvgIpc) is 3.05. The molecule has 9 nitrogen and oxygen atoms in total. The van der Waals surface area contributed by atoms with Gasteiger partial charge >= 0.3 is 0 Å². The van der Waals surface area contributed by atoms with Crippen molar-refractivity contribution in [3.63, 3.8) is 0 Å². The fourth-order valence-electron chi connectivity index (χ4n) is 5.53. The number of nitrogens with one attached hydrogen (secondary N) is 2. The zero-order chi connectivity index (χ0) is 31.1. The minimum absolute atomic E-state index is 0.162. The van der Waals surface area contributed by atoms with E-state index >= 15 is 0 Å². The van der Waals surface area contributed by atoms with Crippen molar-refractivity contribution in [3.8, 4) is 11.5 Å². The van der Waals surface area contributed by atoms with Crippen LogP contribution in [-0.4, -0.2) is 54.2 Å². The summed E-state index contributed by atoms with van der Waals surface area (Å²) in [5, 5.41) is 3.49. The Morgan fingerprint density at radius 2 is 1.73 bits per heavy atom. The summed E-state index contributed by atoms with van der Waals surface area (Å²) in [7, 11) is 4.87. The Kier molecular flexibility index (Phi) is 9.76. The van der Waals surface area contributed by atoms with Gasteiger partial charge in [-0.15, -0.1) is 0 Å². The molecule has 4 aromatic rings. The second kappa shape index (κ2) is 14.1. The van der Waals surface area contributed by atoms with Crippen molar-refractivity contribution in [1.82, 2.24) is 19.8 Å². The van der Waals surface area contributed by atoms with Crippen molar-refractivity contribution in [2.45, 2.75) is 25.8 Å². The third kappa shape index (κ3) is 7.18. The molecule has 5 rings (SSSR count). The van der Waals surface area contributed by atoms with Gasteiger partial charge in [-0.1, -0.05) is 48.5 Å². The van der Waals surface area contributed by atoms with Gasteiger partial charge < -0.3 is 24.3 Å². The van der Waals surface area contributed by atoms with E-state index in [0.29, 0.717) is 41.7 Å². The summed E-state index contributed by atoms with van der Waals surface area (Å²) in [6.07, 6.45) is 5.70. The van der Waals surface area contributed by atoms with Crippen LogP contribution < -0.4 is 36.6 Å². The number of aryl methyl sites for hydroxylation is 1. The molecule has 0 saturated carbocycles. The molecule has 0 fully saturated rings. The lowest BCUT2D eigenvalue weighted by molar-refractivity contribution is 0.0947. The standard InChI is InChI=1S/C35H38N4O5/c1-38-30(14-8-11-24-9-5-4-6-10-24)34(41)37-29(35(38)42)20-25-12-7-13-27(19-25)33(40)36-16-18-39-17-15-26-21-31(43-2)32(44-3)22-28(26)23-39/h4-7,9-10,12-14,19-22H,8,11,15-18,23H2,1-3H3,(H,36,40)(H,37,41). The molecule has 1 aliphatic rings. The first-order chi connectivity index (χ1) is 21.4. The highest BCUT2D eigenvalue weighted by Crippen LogP contribution is 2.33. The Hall–Kier alpha value is -4.89. The van der Waals surface area contributed by atoms with E-state index in [1.807, 2.05) is 42.5 Å². The van der Waals surface area contributed by atoms with Crippen LogP contribution in [0, 0.1) is 0 Å². The third-order valence-electron chi connectivity index (χ3n) is 7.96. The van der Waals surface area contributed by atoms with Crippen LogP contribution in [0.3, 0.4) is 0 Å². The molecule has 0 radical (unpaired) electrons. The smallest absolute Gasteiger partial charge is 0.274 e. The van der Waals surface area contributed by atoms with Gasteiger partial charge in [0.25, 0.3) is 17.0 Å². The summed E-state index contributed by atoms with van der Waals surface area (Å²) in [5.74, 6) is 1.25. The maximum absolute atomic E-state index is 13.1. The minimum atomic E-state index is -0.335. The van der Waals surface area contributed by atoms with Gasteiger partial charge in [0.15, 0.2) is 11.5 Å². The number of methoxy groups -OCH3 is 2. The van der Waals surface area contributed by atoms with E-state index in [9.17, 15) is 14.4 Å². The van der Waals surface area contributed by atoms with Crippen molar-refractivity contribution < 1.29 is 14.3 Å². The predicted octanol–water partition coefficient (Wildman–Crippen LogP) is 2.12. The lowest BCUT2D eigenvalue weighted by Crippen LogP contribution is -2.52. The number of aromatic nitrogens is 2. The Labute approximate surface area is 256 Å². The topological polar surface area (TPSA) is 106 Å². The summed E-state index contributed by atoms with van der Waals surface area (Å²) < 4.78 is 12.3. The fraction of sp³-hybridized carbons (Fsp3) is 0.286. The second-order valence-electron chi connectivity index (χ2n) is 10.9. The fourth-order valence-corrected chi connectivity index (χ4v) is 5.53. The van der Waals surface area contributed by atoms with Gasteiger partial charge in [-0.2, -0.15) is 0 Å². The molecule has 0 aliphatic carbocycles. The zero-order valence-corrected chi connectivity index (χ0v) is 25.4. The Morgan fingerprint density at radius 3 is 2.48 bits per heavy atom. The Morgan fingerprint density at radius 1 is 0.977 bits per heavy atom. The monoisotopic (exact) mass is 594 g/mol. The summed E-state index contributed by atoms with van der Waals surface area (Å²) in [4.78, 5) is 43.9. The van der Waals surface area contributed by atoms with Crippen LogP contribution in [0.15, 0.2) is 76.3 Å². The highest BCUT2D eigenvalue weighted by Gasteiger charge is 2.19. The molecule has 1 aromatic heterocycles. The van der Waals surface area contributed by atoms with Crippen LogP contribution in [0.25, 0.3) is 12.2 Å². The molecule has 9 heteroatoms. The lowest BCUT2D eigenvalue weighted by Gasteiger charge is -2.29. The first-order valence-corrected chi connectivity index (χ1v) is 14.8. The first-order valence-electron chi connectivity index (χ1n) is 14.8. The van der Waals surface area contributed by atoms with Gasteiger partial charge in [-0.3, -0.25) is 19.3 Å². The first kappa shape index (κ1) is 30.6. The number of H-pyrrole nitrogens is 1. The molecule has 0 unspecified atom stereocenters. The van der Waals surface area contributed by atoms with Gasteiger partial charge in [-0.05, 0) is 71.9 Å². The van der Waals surface area contributed by atoms with Crippen LogP contribution in [0.2, 0.25) is 0 Å². The maximum Gasteiger partial charge on any atom is 0.274 e. The second-order valence-corrected chi connectivity index (χ2v) is 10.9. The number of hydrogen-bond donors (Lipinski definition) is 2. The quantitative estimate of drug-likeness (QED) is 0.292. The van der Waals surface area contributed by atoms with Crippen LogP contribution in [-0.2, 0) is 26.4 Å². The van der Waals surface area contributed by atoms with Gasteiger partial charge in [-0.25, -0.2) is 0 Å². The molecule has 228 valence electrons. The van der Waals surface area contributed by atoms with Gasteiger partial charge in [0, 0.05) is 38.8 Å². The SMILES string of the molecule is COc1cc2c(cc1OC)CN(CCNC(=O)c1cccc(C=c3[nH]c(=O)c(=CCCc4ccccc4)n(C)c3=O)c1)CC2. The highest BCUT2D eigenvalue weighted by atomic mass is 16.5. The molecule has 0 atom stereocenters. The predicted molar refractivity (Wildman–Crippen MR) is 172 cm³/mol. The van der Waals surface area contributed by atoms with Gasteiger partial charge in [0.05, 0.1) is 14.2 Å². The number of amides is 1. The van der Waals surface area contributed by atoms with Crippen molar-refractivity contribution in [2.75, 3.05) is 33.9 Å². The van der Waals surface area contributed by atoms with Gasteiger partial charge in [0.1, 0.15) is 10.7 Å². The molecule has 2 N–H and O–H groups in total. The number of fused-ring (bicyclic) bond motifs is 1. The number of benzene rings is 3. The zero-order valence-electron chi connectivity index (χ0n) is 25.4. The van der Waals surface area contributed by atoms with E-state index in [2.05, 4.69) is 15.2 Å². The van der Waals surface area contributed by atoms with Crippen LogP contribution in [0.1, 0.15) is 39.0 Å². The van der Waals surface area contributed by atoms with Crippen molar-refractivity contribution in [1.29, 1.82) is 0 Å². The number of rotatable bonds is 10. The van der Waals surface area contributed by atoms with E-state index in [1.165, 1.54) is 21.3 Å². The van der Waals surface area contributed by atoms with Gasteiger partial charge in [0.2, 0.25) is 0 Å². The molecular formula is C35H38N4O5. The van der Waals surface area contributed by atoms with E-state index in [-0.39, 0.29) is 22.4 Å². The maximum atomic E-state index is 13.1. The van der Waals surface area contributed by atoms with Crippen molar-refractivity contribution >= 4 is 18.1 Å². The molecule has 1 amide bonds. The average molecular weight is 595 g/mol. The molecule has 1 aliphatic heterocycles. The number of carbonyl (C=O) groups excluding carboxylic acids is 1. The largest absolute Gasteiger partial charge is 0.493 e. The lowest BCUT2D eigenvalue weighted by atomic mass is 9.99. The normalized spacial score (nSPS) is 13.9.